The van der Waals surface area contributed by atoms with Crippen molar-refractivity contribution in [3.05, 3.63) is 46.6 Å². The minimum atomic E-state index is -0.495. The van der Waals surface area contributed by atoms with Crippen LogP contribution in [0.5, 0.6) is 11.5 Å². The number of hydrogen-bond acceptors (Lipinski definition) is 6. The molecule has 104 valence electrons. The summed E-state index contributed by atoms with van der Waals surface area (Å²) in [5.74, 6) is 1.29. The summed E-state index contributed by atoms with van der Waals surface area (Å²) in [6.07, 6.45) is 1.48. The summed E-state index contributed by atoms with van der Waals surface area (Å²) < 4.78 is 10.3. The predicted octanol–water partition coefficient (Wildman–Crippen LogP) is 2.75. The molecular weight excluding hydrogens is 262 g/mol. The second kappa shape index (κ2) is 5.87. The molecular formula is C13H13N3O4. The lowest BCUT2D eigenvalue weighted by Gasteiger charge is -2.11. The first-order valence-corrected chi connectivity index (χ1v) is 5.74. The lowest BCUT2D eigenvalue weighted by Crippen LogP contribution is -2.01. The standard InChI is InChI=1S/C13H13N3O4/c1-19-9-5-6-10(12(8-9)20-2)15-13-11(16(17)18)4-3-7-14-13/h3-8H,1-2H3,(H,14,15). The normalized spacial score (nSPS) is 9.90. The Morgan fingerprint density at radius 2 is 2.05 bits per heavy atom. The number of benzene rings is 1. The van der Waals surface area contributed by atoms with E-state index in [1.807, 2.05) is 0 Å². The fourth-order valence-corrected chi connectivity index (χ4v) is 1.67. The topological polar surface area (TPSA) is 86.5 Å². The van der Waals surface area contributed by atoms with Gasteiger partial charge in [-0.05, 0) is 18.2 Å². The van der Waals surface area contributed by atoms with Crippen molar-refractivity contribution in [1.29, 1.82) is 0 Å². The second-order valence-electron chi connectivity index (χ2n) is 3.82. The lowest BCUT2D eigenvalue weighted by molar-refractivity contribution is -0.384. The highest BCUT2D eigenvalue weighted by atomic mass is 16.6. The third kappa shape index (κ3) is 2.77. The number of anilines is 2. The molecule has 0 aliphatic heterocycles. The minimum Gasteiger partial charge on any atom is -0.497 e. The minimum absolute atomic E-state index is 0.106. The SMILES string of the molecule is COc1ccc(Nc2ncccc2[N+](=O)[O-])c(OC)c1. The molecule has 0 bridgehead atoms. The number of nitrogens with zero attached hydrogens (tertiary/aromatic N) is 2. The number of hydrogen-bond donors (Lipinski definition) is 1. The van der Waals surface area contributed by atoms with E-state index in [4.69, 9.17) is 9.47 Å². The molecule has 0 fully saturated rings. The Labute approximate surface area is 115 Å². The number of pyridine rings is 1. The molecule has 0 saturated heterocycles. The van der Waals surface area contributed by atoms with Gasteiger partial charge in [0.1, 0.15) is 11.5 Å². The average molecular weight is 275 g/mol. The Bertz CT molecular complexity index is 631. The molecule has 7 nitrogen and oxygen atoms in total. The largest absolute Gasteiger partial charge is 0.497 e. The zero-order valence-electron chi connectivity index (χ0n) is 11.0. The summed E-state index contributed by atoms with van der Waals surface area (Å²) in [4.78, 5) is 14.4. The van der Waals surface area contributed by atoms with Gasteiger partial charge in [-0.1, -0.05) is 0 Å². The van der Waals surface area contributed by atoms with E-state index in [1.165, 1.54) is 25.4 Å². The molecule has 2 aromatic rings. The monoisotopic (exact) mass is 275 g/mol. The molecule has 0 aliphatic carbocycles. The van der Waals surface area contributed by atoms with Crippen LogP contribution in [-0.2, 0) is 0 Å². The van der Waals surface area contributed by atoms with Gasteiger partial charge in [-0.3, -0.25) is 10.1 Å². The van der Waals surface area contributed by atoms with E-state index in [0.717, 1.165) is 0 Å². The summed E-state index contributed by atoms with van der Waals surface area (Å²) in [6.45, 7) is 0. The molecule has 1 aromatic heterocycles. The number of nitro groups is 1. The Balaban J connectivity index is 2.37. The van der Waals surface area contributed by atoms with Crippen molar-refractivity contribution < 1.29 is 14.4 Å². The van der Waals surface area contributed by atoms with Gasteiger partial charge in [-0.25, -0.2) is 4.98 Å². The zero-order chi connectivity index (χ0) is 14.5. The van der Waals surface area contributed by atoms with Crippen molar-refractivity contribution >= 4 is 17.2 Å². The van der Waals surface area contributed by atoms with Crippen LogP contribution in [0.4, 0.5) is 17.2 Å². The van der Waals surface area contributed by atoms with Crippen LogP contribution in [-0.4, -0.2) is 24.1 Å². The van der Waals surface area contributed by atoms with Crippen LogP contribution in [0.25, 0.3) is 0 Å². The molecule has 0 saturated carbocycles. The zero-order valence-corrected chi connectivity index (χ0v) is 11.0. The number of nitrogens with one attached hydrogen (secondary N) is 1. The van der Waals surface area contributed by atoms with Crippen LogP contribution in [0.3, 0.4) is 0 Å². The second-order valence-corrected chi connectivity index (χ2v) is 3.82. The molecule has 1 heterocycles. The van der Waals surface area contributed by atoms with E-state index in [9.17, 15) is 10.1 Å². The number of ether oxygens (including phenoxy) is 2. The van der Waals surface area contributed by atoms with E-state index in [0.29, 0.717) is 17.2 Å². The molecule has 7 heteroatoms. The van der Waals surface area contributed by atoms with Gasteiger partial charge >= 0.3 is 5.69 Å². The van der Waals surface area contributed by atoms with Gasteiger partial charge in [0.05, 0.1) is 24.8 Å². The Morgan fingerprint density at radius 1 is 1.25 bits per heavy atom. The molecule has 0 amide bonds. The van der Waals surface area contributed by atoms with Gasteiger partial charge in [0, 0.05) is 18.3 Å². The number of rotatable bonds is 5. The van der Waals surface area contributed by atoms with Crippen molar-refractivity contribution in [2.75, 3.05) is 19.5 Å². The molecule has 0 aliphatic rings. The number of methoxy groups -OCH3 is 2. The molecule has 20 heavy (non-hydrogen) atoms. The van der Waals surface area contributed by atoms with E-state index in [2.05, 4.69) is 10.3 Å². The summed E-state index contributed by atoms with van der Waals surface area (Å²) >= 11 is 0. The summed E-state index contributed by atoms with van der Waals surface area (Å²) in [5, 5.41) is 13.8. The van der Waals surface area contributed by atoms with Crippen molar-refractivity contribution in [1.82, 2.24) is 4.98 Å². The lowest BCUT2D eigenvalue weighted by atomic mass is 10.2. The molecule has 2 rings (SSSR count). The van der Waals surface area contributed by atoms with Crippen LogP contribution >= 0.6 is 0 Å². The fraction of sp³-hybridized carbons (Fsp3) is 0.154. The van der Waals surface area contributed by atoms with Gasteiger partial charge in [0.25, 0.3) is 0 Å². The maximum absolute atomic E-state index is 10.9. The van der Waals surface area contributed by atoms with Gasteiger partial charge in [-0.15, -0.1) is 0 Å². The molecule has 0 atom stereocenters. The Hall–Kier alpha value is -2.83. The predicted molar refractivity (Wildman–Crippen MR) is 73.7 cm³/mol. The first kappa shape index (κ1) is 13.6. The summed E-state index contributed by atoms with van der Waals surface area (Å²) in [6, 6.07) is 7.99. The third-order valence-corrected chi connectivity index (χ3v) is 2.64. The van der Waals surface area contributed by atoms with E-state index in [1.54, 1.807) is 25.3 Å². The van der Waals surface area contributed by atoms with Crippen LogP contribution in [0, 0.1) is 10.1 Å². The van der Waals surface area contributed by atoms with Gasteiger partial charge in [0.2, 0.25) is 5.82 Å². The Kier molecular flexibility index (Phi) is 3.99. The molecule has 0 spiro atoms. The van der Waals surface area contributed by atoms with Gasteiger partial charge < -0.3 is 14.8 Å². The van der Waals surface area contributed by atoms with E-state index < -0.39 is 4.92 Å². The molecule has 0 radical (unpaired) electrons. The van der Waals surface area contributed by atoms with Crippen LogP contribution in [0.15, 0.2) is 36.5 Å². The van der Waals surface area contributed by atoms with E-state index in [-0.39, 0.29) is 11.5 Å². The smallest absolute Gasteiger partial charge is 0.311 e. The summed E-state index contributed by atoms with van der Waals surface area (Å²) in [5.41, 5.74) is 0.459. The maximum Gasteiger partial charge on any atom is 0.311 e. The molecule has 0 unspecified atom stereocenters. The van der Waals surface area contributed by atoms with Crippen LogP contribution in [0.1, 0.15) is 0 Å². The van der Waals surface area contributed by atoms with Crippen LogP contribution in [0.2, 0.25) is 0 Å². The Morgan fingerprint density at radius 3 is 2.70 bits per heavy atom. The molecule has 1 N–H and O–H groups in total. The first-order valence-electron chi connectivity index (χ1n) is 5.74. The van der Waals surface area contributed by atoms with Crippen LogP contribution < -0.4 is 14.8 Å². The van der Waals surface area contributed by atoms with Gasteiger partial charge in [-0.2, -0.15) is 0 Å². The van der Waals surface area contributed by atoms with E-state index >= 15 is 0 Å². The van der Waals surface area contributed by atoms with Gasteiger partial charge in [0.15, 0.2) is 0 Å². The highest BCUT2D eigenvalue weighted by Crippen LogP contribution is 2.33. The van der Waals surface area contributed by atoms with Crippen molar-refractivity contribution in [2.45, 2.75) is 0 Å². The number of aromatic nitrogens is 1. The van der Waals surface area contributed by atoms with Crippen molar-refractivity contribution in [3.63, 3.8) is 0 Å². The molecule has 1 aromatic carbocycles. The maximum atomic E-state index is 10.9. The average Bonchev–Trinajstić information content (AvgIpc) is 2.48. The highest BCUT2D eigenvalue weighted by molar-refractivity contribution is 5.70. The van der Waals surface area contributed by atoms with Crippen molar-refractivity contribution in [2.24, 2.45) is 0 Å². The van der Waals surface area contributed by atoms with Crippen molar-refractivity contribution in [3.8, 4) is 11.5 Å². The highest BCUT2D eigenvalue weighted by Gasteiger charge is 2.16. The fourth-order valence-electron chi connectivity index (χ4n) is 1.67. The quantitative estimate of drug-likeness (QED) is 0.667. The third-order valence-electron chi connectivity index (χ3n) is 2.64. The summed E-state index contributed by atoms with van der Waals surface area (Å²) in [7, 11) is 3.05. The first-order chi connectivity index (χ1) is 9.65.